The lowest BCUT2D eigenvalue weighted by molar-refractivity contribution is 0.238. The average molecular weight is 414 g/mol. The molecular formula is C27H27NOS. The topological polar surface area (TPSA) is 12.5 Å². The van der Waals surface area contributed by atoms with Gasteiger partial charge in [-0.2, -0.15) is 0 Å². The summed E-state index contributed by atoms with van der Waals surface area (Å²) in [5.74, 6) is 2.00. The second-order valence-corrected chi connectivity index (χ2v) is 9.87. The SMILES string of the molecule is C1=CC2SC3=c4ccccc4=C(c4ccc(OCCN5CCCC5)cc4)C3C2C=C1. The molecule has 0 amide bonds. The highest BCUT2D eigenvalue weighted by molar-refractivity contribution is 8.09. The van der Waals surface area contributed by atoms with Crippen molar-refractivity contribution in [2.24, 2.45) is 11.8 Å². The molecule has 3 heteroatoms. The molecule has 2 aliphatic heterocycles. The molecule has 0 bridgehead atoms. The minimum atomic E-state index is 0.473. The van der Waals surface area contributed by atoms with Crippen LogP contribution in [0.1, 0.15) is 18.4 Å². The molecule has 2 aliphatic carbocycles. The first-order valence-corrected chi connectivity index (χ1v) is 12.1. The Morgan fingerprint density at radius 1 is 0.900 bits per heavy atom. The average Bonchev–Trinajstić information content (AvgIpc) is 3.50. The zero-order valence-electron chi connectivity index (χ0n) is 17.2. The lowest BCUT2D eigenvalue weighted by atomic mass is 9.80. The molecule has 152 valence electrons. The summed E-state index contributed by atoms with van der Waals surface area (Å²) in [6.45, 7) is 4.26. The molecule has 2 saturated heterocycles. The van der Waals surface area contributed by atoms with Crippen molar-refractivity contribution in [3.63, 3.8) is 0 Å². The van der Waals surface area contributed by atoms with E-state index < -0.39 is 0 Å². The van der Waals surface area contributed by atoms with Crippen molar-refractivity contribution in [3.05, 3.63) is 88.8 Å². The maximum Gasteiger partial charge on any atom is 0.119 e. The minimum Gasteiger partial charge on any atom is -0.492 e. The van der Waals surface area contributed by atoms with Crippen LogP contribution in [-0.2, 0) is 0 Å². The van der Waals surface area contributed by atoms with Gasteiger partial charge in [-0.3, -0.25) is 4.90 Å². The van der Waals surface area contributed by atoms with Crippen LogP contribution in [0.2, 0.25) is 0 Å². The molecule has 2 aromatic rings. The van der Waals surface area contributed by atoms with Crippen molar-refractivity contribution in [2.45, 2.75) is 18.1 Å². The summed E-state index contributed by atoms with van der Waals surface area (Å²) in [7, 11) is 0. The third-order valence-electron chi connectivity index (χ3n) is 6.89. The van der Waals surface area contributed by atoms with Crippen molar-refractivity contribution in [2.75, 3.05) is 26.2 Å². The fourth-order valence-electron chi connectivity index (χ4n) is 5.44. The summed E-state index contributed by atoms with van der Waals surface area (Å²) in [6, 6.07) is 17.8. The van der Waals surface area contributed by atoms with Gasteiger partial charge >= 0.3 is 0 Å². The van der Waals surface area contributed by atoms with Gasteiger partial charge in [0.25, 0.3) is 0 Å². The van der Waals surface area contributed by atoms with Gasteiger partial charge in [0.15, 0.2) is 0 Å². The van der Waals surface area contributed by atoms with E-state index in [2.05, 4.69) is 89.5 Å². The van der Waals surface area contributed by atoms with Gasteiger partial charge in [0.05, 0.1) is 0 Å². The van der Waals surface area contributed by atoms with E-state index in [9.17, 15) is 0 Å². The number of likely N-dealkylation sites (tertiary alicyclic amines) is 1. The number of rotatable bonds is 5. The lowest BCUT2D eigenvalue weighted by Crippen LogP contribution is -2.25. The Bertz CT molecular complexity index is 1120. The predicted octanol–water partition coefficient (Wildman–Crippen LogP) is 3.96. The molecule has 4 aliphatic rings. The first-order chi connectivity index (χ1) is 14.9. The van der Waals surface area contributed by atoms with Crippen molar-refractivity contribution < 1.29 is 4.74 Å². The maximum absolute atomic E-state index is 6.05. The van der Waals surface area contributed by atoms with Crippen LogP contribution in [0.5, 0.6) is 5.75 Å². The number of thioether (sulfide) groups is 1. The molecule has 6 rings (SSSR count). The fourth-order valence-corrected chi connectivity index (χ4v) is 7.03. The number of nitrogens with zero attached hydrogens (tertiary/aromatic N) is 1. The number of allylic oxidation sites excluding steroid dienone is 3. The minimum absolute atomic E-state index is 0.473. The van der Waals surface area contributed by atoms with Crippen molar-refractivity contribution >= 4 is 22.2 Å². The fraction of sp³-hybridized carbons (Fsp3) is 0.333. The molecule has 0 N–H and O–H groups in total. The summed E-state index contributed by atoms with van der Waals surface area (Å²) in [6.07, 6.45) is 11.9. The third kappa shape index (κ3) is 3.16. The molecule has 3 unspecified atom stereocenters. The van der Waals surface area contributed by atoms with Gasteiger partial charge in [0.2, 0.25) is 0 Å². The van der Waals surface area contributed by atoms with Crippen molar-refractivity contribution in [3.8, 4) is 5.75 Å². The van der Waals surface area contributed by atoms with Crippen molar-refractivity contribution in [1.82, 2.24) is 4.90 Å². The zero-order valence-corrected chi connectivity index (χ0v) is 18.0. The largest absolute Gasteiger partial charge is 0.492 e. The monoisotopic (exact) mass is 413 g/mol. The standard InChI is InChI=1S/C27H27NOS/c1-2-8-22-21(7-1)25(26-23-9-3-4-10-24(23)30-27(22)26)19-11-13-20(14-12-19)29-18-17-28-15-5-6-16-28/h1-4,7-14,23-24,26H,5-6,15-18H2. The van der Waals surface area contributed by atoms with Gasteiger partial charge in [-0.05, 0) is 59.6 Å². The molecular weight excluding hydrogens is 386 g/mol. The molecule has 0 aromatic heterocycles. The Morgan fingerprint density at radius 2 is 1.67 bits per heavy atom. The predicted molar refractivity (Wildman–Crippen MR) is 126 cm³/mol. The second kappa shape index (κ2) is 7.79. The van der Waals surface area contributed by atoms with Crippen LogP contribution < -0.4 is 15.2 Å². The Labute approximate surface area is 182 Å². The Kier molecular flexibility index (Phi) is 4.81. The molecule has 0 spiro atoms. The highest BCUT2D eigenvalue weighted by atomic mass is 32.2. The highest BCUT2D eigenvalue weighted by Gasteiger charge is 2.43. The molecule has 0 radical (unpaired) electrons. The van der Waals surface area contributed by atoms with Crippen LogP contribution in [0.15, 0.2) is 72.8 Å². The van der Waals surface area contributed by atoms with Crippen LogP contribution in [0.4, 0.5) is 0 Å². The van der Waals surface area contributed by atoms with E-state index in [1.54, 1.807) is 4.91 Å². The first kappa shape index (κ1) is 18.5. The summed E-state index contributed by atoms with van der Waals surface area (Å²) >= 11 is 2.06. The zero-order chi connectivity index (χ0) is 19.9. The molecule has 2 fully saturated rings. The molecule has 2 nitrogen and oxygen atoms in total. The van der Waals surface area contributed by atoms with E-state index in [1.165, 1.54) is 47.5 Å². The van der Waals surface area contributed by atoms with E-state index in [4.69, 9.17) is 4.74 Å². The smallest absolute Gasteiger partial charge is 0.119 e. The first-order valence-electron chi connectivity index (χ1n) is 11.2. The number of hydrogen-bond acceptors (Lipinski definition) is 3. The molecule has 30 heavy (non-hydrogen) atoms. The summed E-state index contributed by atoms with van der Waals surface area (Å²) in [5.41, 5.74) is 2.82. The summed E-state index contributed by atoms with van der Waals surface area (Å²) in [4.78, 5) is 4.05. The normalized spacial score (nSPS) is 26.7. The van der Waals surface area contributed by atoms with E-state index in [1.807, 2.05) is 0 Å². The number of hydrogen-bond donors (Lipinski definition) is 0. The summed E-state index contributed by atoms with van der Waals surface area (Å²) in [5, 5.41) is 3.41. The van der Waals surface area contributed by atoms with Crippen LogP contribution in [0, 0.1) is 11.8 Å². The van der Waals surface area contributed by atoms with E-state index in [0.717, 1.165) is 18.9 Å². The Hall–Kier alpha value is -2.23. The maximum atomic E-state index is 6.05. The molecule has 2 aromatic carbocycles. The lowest BCUT2D eigenvalue weighted by Gasteiger charge is -2.22. The van der Waals surface area contributed by atoms with Gasteiger partial charge < -0.3 is 4.74 Å². The highest BCUT2D eigenvalue weighted by Crippen LogP contribution is 2.54. The number of fused-ring (bicyclic) bond motifs is 4. The van der Waals surface area contributed by atoms with Gasteiger partial charge in [0, 0.05) is 28.5 Å². The van der Waals surface area contributed by atoms with E-state index in [-0.39, 0.29) is 0 Å². The molecule has 2 heterocycles. The van der Waals surface area contributed by atoms with Gasteiger partial charge in [-0.15, -0.1) is 11.8 Å². The Balaban J connectivity index is 1.29. The van der Waals surface area contributed by atoms with Gasteiger partial charge in [-0.25, -0.2) is 0 Å². The third-order valence-corrected chi connectivity index (χ3v) is 8.36. The Morgan fingerprint density at radius 3 is 2.50 bits per heavy atom. The molecule has 3 atom stereocenters. The van der Waals surface area contributed by atoms with Crippen LogP contribution in [0.25, 0.3) is 10.5 Å². The van der Waals surface area contributed by atoms with Crippen LogP contribution >= 0.6 is 11.8 Å². The van der Waals surface area contributed by atoms with Gasteiger partial charge in [0.1, 0.15) is 12.4 Å². The van der Waals surface area contributed by atoms with E-state index >= 15 is 0 Å². The summed E-state index contributed by atoms with van der Waals surface area (Å²) < 4.78 is 6.05. The van der Waals surface area contributed by atoms with Crippen molar-refractivity contribution in [1.29, 1.82) is 0 Å². The van der Waals surface area contributed by atoms with E-state index in [0.29, 0.717) is 17.1 Å². The van der Waals surface area contributed by atoms with Crippen LogP contribution in [0.3, 0.4) is 0 Å². The van der Waals surface area contributed by atoms with Gasteiger partial charge in [-0.1, -0.05) is 60.7 Å². The number of ether oxygens (including phenoxy) is 1. The molecule has 0 saturated carbocycles. The number of benzene rings is 2. The quantitative estimate of drug-likeness (QED) is 0.736. The second-order valence-electron chi connectivity index (χ2n) is 8.65. The van der Waals surface area contributed by atoms with Crippen LogP contribution in [-0.4, -0.2) is 36.4 Å².